The van der Waals surface area contributed by atoms with Gasteiger partial charge < -0.3 is 19.4 Å². The van der Waals surface area contributed by atoms with Crippen molar-refractivity contribution in [1.82, 2.24) is 0 Å². The molecule has 0 spiro atoms. The Morgan fingerprint density at radius 1 is 0.947 bits per heavy atom. The van der Waals surface area contributed by atoms with Crippen molar-refractivity contribution in [2.24, 2.45) is 0 Å². The molecule has 0 aliphatic carbocycles. The van der Waals surface area contributed by atoms with Crippen molar-refractivity contribution < 1.29 is 29.0 Å². The van der Waals surface area contributed by atoms with Crippen LogP contribution in [0, 0.1) is 20.8 Å². The summed E-state index contributed by atoms with van der Waals surface area (Å²) >= 11 is 0. The second kappa shape index (κ2) is 9.94. The Kier molecular flexibility index (Phi) is 6.51. The van der Waals surface area contributed by atoms with Crippen LogP contribution in [0.5, 0.6) is 11.5 Å². The number of amides is 1. The number of rotatable bonds is 6. The molecule has 2 heterocycles. The lowest BCUT2D eigenvalue weighted by molar-refractivity contribution is -0.132. The van der Waals surface area contributed by atoms with Crippen molar-refractivity contribution in [2.45, 2.75) is 33.4 Å². The van der Waals surface area contributed by atoms with Crippen LogP contribution in [0.2, 0.25) is 0 Å². The first kappa shape index (κ1) is 24.9. The van der Waals surface area contributed by atoms with E-state index in [0.29, 0.717) is 29.4 Å². The molecule has 1 saturated heterocycles. The lowest BCUT2D eigenvalue weighted by atomic mass is 9.98. The van der Waals surface area contributed by atoms with Crippen LogP contribution >= 0.6 is 0 Å². The molecule has 1 fully saturated rings. The lowest BCUT2D eigenvalue weighted by Crippen LogP contribution is -2.29. The van der Waals surface area contributed by atoms with E-state index < -0.39 is 17.7 Å². The number of ketones is 1. The first-order chi connectivity index (χ1) is 18.2. The van der Waals surface area contributed by atoms with E-state index in [1.165, 1.54) is 11.0 Å². The number of furan rings is 1. The van der Waals surface area contributed by atoms with Crippen LogP contribution in [0.25, 0.3) is 5.76 Å². The number of carbonyl (C=O) groups is 2. The van der Waals surface area contributed by atoms with Crippen LogP contribution in [0.1, 0.15) is 39.8 Å². The third-order valence-corrected chi connectivity index (χ3v) is 6.55. The molecule has 4 aromatic rings. The number of hydrogen-bond acceptors (Lipinski definition) is 6. The Bertz CT molecular complexity index is 1570. The zero-order valence-electron chi connectivity index (χ0n) is 21.3. The number of benzene rings is 3. The van der Waals surface area contributed by atoms with Crippen molar-refractivity contribution in [3.63, 3.8) is 0 Å². The minimum Gasteiger partial charge on any atom is -0.507 e. The first-order valence-corrected chi connectivity index (χ1v) is 12.2. The van der Waals surface area contributed by atoms with E-state index in [1.807, 2.05) is 44.2 Å². The molecular formula is C31H27NO6. The van der Waals surface area contributed by atoms with Gasteiger partial charge in [-0.25, -0.2) is 0 Å². The van der Waals surface area contributed by atoms with Gasteiger partial charge in [0.1, 0.15) is 41.4 Å². The van der Waals surface area contributed by atoms with E-state index in [-0.39, 0.29) is 22.8 Å². The predicted octanol–water partition coefficient (Wildman–Crippen LogP) is 6.12. The van der Waals surface area contributed by atoms with E-state index in [2.05, 4.69) is 0 Å². The zero-order valence-corrected chi connectivity index (χ0v) is 21.3. The number of hydrogen-bond donors (Lipinski definition) is 2. The SMILES string of the molecule is Cc1ccc(O)c(N2C(=O)C(=O)/C(=C(\O)c3ccc(OCc4ccccc4)c(C)c3)C2c2ccc(C)o2)c1. The Morgan fingerprint density at radius 2 is 1.71 bits per heavy atom. The Labute approximate surface area is 220 Å². The minimum absolute atomic E-state index is 0.123. The van der Waals surface area contributed by atoms with E-state index in [9.17, 15) is 19.8 Å². The highest BCUT2D eigenvalue weighted by Gasteiger charge is 2.49. The zero-order chi connectivity index (χ0) is 27.0. The maximum absolute atomic E-state index is 13.3. The van der Waals surface area contributed by atoms with E-state index in [4.69, 9.17) is 9.15 Å². The molecule has 0 saturated carbocycles. The molecule has 3 aromatic carbocycles. The molecule has 0 bridgehead atoms. The van der Waals surface area contributed by atoms with Gasteiger partial charge in [-0.1, -0.05) is 36.4 Å². The molecule has 7 heteroatoms. The van der Waals surface area contributed by atoms with E-state index in [0.717, 1.165) is 16.7 Å². The standard InChI is InChI=1S/C31H27NO6/c1-18-9-12-24(33)23(15-18)32-28(26-13-10-20(3)38-26)27(30(35)31(32)36)29(34)22-11-14-25(19(2)16-22)37-17-21-7-5-4-6-8-21/h4-16,28,33-34H,17H2,1-3H3/b29-27-. The molecule has 0 radical (unpaired) electrons. The monoisotopic (exact) mass is 509 g/mol. The van der Waals surface area contributed by atoms with Crippen molar-refractivity contribution in [2.75, 3.05) is 4.90 Å². The molecule has 192 valence electrons. The van der Waals surface area contributed by atoms with Gasteiger partial charge >= 0.3 is 0 Å². The van der Waals surface area contributed by atoms with Crippen LogP contribution in [-0.2, 0) is 16.2 Å². The fourth-order valence-corrected chi connectivity index (χ4v) is 4.63. The summed E-state index contributed by atoms with van der Waals surface area (Å²) in [5.41, 5.74) is 2.95. The summed E-state index contributed by atoms with van der Waals surface area (Å²) in [5.74, 6) is -0.737. The number of carbonyl (C=O) groups excluding carboxylic acids is 2. The smallest absolute Gasteiger partial charge is 0.300 e. The molecule has 1 aromatic heterocycles. The second-order valence-electron chi connectivity index (χ2n) is 9.36. The Morgan fingerprint density at radius 3 is 2.39 bits per heavy atom. The van der Waals surface area contributed by atoms with E-state index >= 15 is 0 Å². The summed E-state index contributed by atoms with van der Waals surface area (Å²) in [7, 11) is 0. The van der Waals surface area contributed by atoms with Gasteiger partial charge in [-0.2, -0.15) is 0 Å². The fourth-order valence-electron chi connectivity index (χ4n) is 4.63. The third kappa shape index (κ3) is 4.54. The number of nitrogens with zero attached hydrogens (tertiary/aromatic N) is 1. The summed E-state index contributed by atoms with van der Waals surface area (Å²) in [4.78, 5) is 27.8. The molecule has 1 atom stereocenters. The summed E-state index contributed by atoms with van der Waals surface area (Å²) in [5, 5.41) is 22.0. The Balaban J connectivity index is 1.57. The van der Waals surface area contributed by atoms with Gasteiger partial charge in [-0.15, -0.1) is 0 Å². The summed E-state index contributed by atoms with van der Waals surface area (Å²) in [6.45, 7) is 5.79. The van der Waals surface area contributed by atoms with Crippen LogP contribution in [0.15, 0.2) is 88.9 Å². The average Bonchev–Trinajstić information content (AvgIpc) is 3.45. The summed E-state index contributed by atoms with van der Waals surface area (Å²) in [6.07, 6.45) is 0. The number of phenols is 1. The van der Waals surface area contributed by atoms with Gasteiger partial charge in [0.25, 0.3) is 11.7 Å². The summed E-state index contributed by atoms with van der Waals surface area (Å²) < 4.78 is 11.8. The first-order valence-electron chi connectivity index (χ1n) is 12.2. The van der Waals surface area contributed by atoms with Crippen LogP contribution in [0.4, 0.5) is 5.69 Å². The molecule has 1 amide bonds. The quantitative estimate of drug-likeness (QED) is 0.185. The molecule has 2 N–H and O–H groups in total. The molecule has 1 aliphatic rings. The summed E-state index contributed by atoms with van der Waals surface area (Å²) in [6, 6.07) is 21.9. The van der Waals surface area contributed by atoms with Crippen LogP contribution < -0.4 is 9.64 Å². The number of Topliss-reactive ketones (excluding diaryl/α,β-unsaturated/α-hetero) is 1. The predicted molar refractivity (Wildman–Crippen MR) is 143 cm³/mol. The molecule has 7 nitrogen and oxygen atoms in total. The van der Waals surface area contributed by atoms with Crippen molar-refractivity contribution >= 4 is 23.1 Å². The largest absolute Gasteiger partial charge is 0.507 e. The highest BCUT2D eigenvalue weighted by Crippen LogP contribution is 2.45. The minimum atomic E-state index is -1.06. The highest BCUT2D eigenvalue weighted by atomic mass is 16.5. The number of ether oxygens (including phenoxy) is 1. The van der Waals surface area contributed by atoms with Gasteiger partial charge in [0.15, 0.2) is 0 Å². The van der Waals surface area contributed by atoms with Gasteiger partial charge in [-0.3, -0.25) is 14.5 Å². The normalized spacial score (nSPS) is 16.7. The van der Waals surface area contributed by atoms with Gasteiger partial charge in [0.05, 0.1) is 11.3 Å². The number of aliphatic hydroxyl groups is 1. The second-order valence-corrected chi connectivity index (χ2v) is 9.36. The van der Waals surface area contributed by atoms with E-state index in [1.54, 1.807) is 49.4 Å². The highest BCUT2D eigenvalue weighted by molar-refractivity contribution is 6.51. The number of aromatic hydroxyl groups is 1. The number of phenolic OH excluding ortho intramolecular Hbond substituents is 1. The lowest BCUT2D eigenvalue weighted by Gasteiger charge is -2.24. The molecule has 5 rings (SSSR count). The average molecular weight is 510 g/mol. The van der Waals surface area contributed by atoms with Crippen LogP contribution in [0.3, 0.4) is 0 Å². The molecule has 1 aliphatic heterocycles. The number of aliphatic hydroxyl groups excluding tert-OH is 1. The van der Waals surface area contributed by atoms with Crippen molar-refractivity contribution in [1.29, 1.82) is 0 Å². The maximum Gasteiger partial charge on any atom is 0.300 e. The molecular weight excluding hydrogens is 482 g/mol. The third-order valence-electron chi connectivity index (χ3n) is 6.55. The van der Waals surface area contributed by atoms with Gasteiger partial charge in [0, 0.05) is 5.56 Å². The number of anilines is 1. The van der Waals surface area contributed by atoms with Crippen LogP contribution in [-0.4, -0.2) is 21.9 Å². The van der Waals surface area contributed by atoms with Crippen molar-refractivity contribution in [3.05, 3.63) is 118 Å². The molecule has 38 heavy (non-hydrogen) atoms. The maximum atomic E-state index is 13.3. The van der Waals surface area contributed by atoms with Gasteiger partial charge in [0.2, 0.25) is 0 Å². The van der Waals surface area contributed by atoms with Crippen molar-refractivity contribution in [3.8, 4) is 11.5 Å². The van der Waals surface area contributed by atoms with Gasteiger partial charge in [-0.05, 0) is 79.9 Å². The fraction of sp³-hybridized carbons (Fsp3) is 0.161. The Hall–Kier alpha value is -4.78. The number of aryl methyl sites for hydroxylation is 3. The molecule has 1 unspecified atom stereocenters. The topological polar surface area (TPSA) is 100 Å².